The van der Waals surface area contributed by atoms with Crippen LogP contribution in [0.25, 0.3) is 21.3 Å². The van der Waals surface area contributed by atoms with Crippen LogP contribution in [0.15, 0.2) is 65.0 Å². The van der Waals surface area contributed by atoms with E-state index in [1.165, 1.54) is 22.2 Å². The van der Waals surface area contributed by atoms with Crippen LogP contribution in [0, 0.1) is 0 Å². The Hall–Kier alpha value is -3.45. The second kappa shape index (κ2) is 8.59. The summed E-state index contributed by atoms with van der Waals surface area (Å²) in [5.74, 6) is 0.474. The highest BCUT2D eigenvalue weighted by Gasteiger charge is 2.19. The number of hydrogen-bond acceptors (Lipinski definition) is 5. The van der Waals surface area contributed by atoms with Gasteiger partial charge in [0.05, 0.1) is 18.8 Å². The smallest absolute Gasteiger partial charge is 0.263 e. The minimum atomic E-state index is -0.272. The van der Waals surface area contributed by atoms with Crippen LogP contribution in [0.3, 0.4) is 0 Å². The molecule has 0 atom stereocenters. The van der Waals surface area contributed by atoms with Gasteiger partial charge >= 0.3 is 0 Å². The summed E-state index contributed by atoms with van der Waals surface area (Å²) < 4.78 is 6.58. The van der Waals surface area contributed by atoms with Crippen molar-refractivity contribution in [3.8, 4) is 16.9 Å². The van der Waals surface area contributed by atoms with E-state index >= 15 is 0 Å². The summed E-state index contributed by atoms with van der Waals surface area (Å²) in [5, 5.41) is 5.40. The van der Waals surface area contributed by atoms with Crippen LogP contribution in [-0.2, 0) is 16.8 Å². The van der Waals surface area contributed by atoms with Gasteiger partial charge in [-0.25, -0.2) is 4.98 Å². The first kappa shape index (κ1) is 21.8. The summed E-state index contributed by atoms with van der Waals surface area (Å²) in [7, 11) is 1.61. The van der Waals surface area contributed by atoms with Crippen LogP contribution in [0.5, 0.6) is 5.75 Å². The van der Waals surface area contributed by atoms with Gasteiger partial charge < -0.3 is 10.1 Å². The molecule has 0 bridgehead atoms. The number of anilines is 1. The number of aromatic nitrogens is 2. The fraction of sp³-hybridized carbons (Fsp3) is 0.240. The van der Waals surface area contributed by atoms with Gasteiger partial charge in [-0.3, -0.25) is 14.2 Å². The molecule has 1 N–H and O–H groups in total. The SMILES string of the molecule is COc1ccc(-c2csc3ncn(CC(=O)Nc4ccccc4C(C)(C)C)c(=O)c23)cc1. The molecule has 0 saturated carbocycles. The van der Waals surface area contributed by atoms with Crippen molar-refractivity contribution in [2.45, 2.75) is 32.7 Å². The Labute approximate surface area is 190 Å². The number of nitrogens with one attached hydrogen (secondary N) is 1. The Morgan fingerprint density at radius 2 is 1.84 bits per heavy atom. The number of methoxy groups -OCH3 is 1. The molecule has 7 heteroatoms. The van der Waals surface area contributed by atoms with Crippen LogP contribution >= 0.6 is 11.3 Å². The van der Waals surface area contributed by atoms with Crippen LogP contribution in [0.2, 0.25) is 0 Å². The van der Waals surface area contributed by atoms with Crippen molar-refractivity contribution in [2.24, 2.45) is 0 Å². The van der Waals surface area contributed by atoms with Crippen LogP contribution in [-0.4, -0.2) is 22.6 Å². The molecule has 164 valence electrons. The number of ether oxygens (including phenoxy) is 1. The zero-order chi connectivity index (χ0) is 22.9. The minimum absolute atomic E-state index is 0.113. The Bertz CT molecular complexity index is 1330. The zero-order valence-electron chi connectivity index (χ0n) is 18.5. The van der Waals surface area contributed by atoms with E-state index in [4.69, 9.17) is 4.74 Å². The van der Waals surface area contributed by atoms with Crippen molar-refractivity contribution in [3.05, 3.63) is 76.2 Å². The van der Waals surface area contributed by atoms with Crippen LogP contribution < -0.4 is 15.6 Å². The lowest BCUT2D eigenvalue weighted by Crippen LogP contribution is -2.28. The van der Waals surface area contributed by atoms with Gasteiger partial charge in [0.2, 0.25) is 5.91 Å². The van der Waals surface area contributed by atoms with Gasteiger partial charge in [-0.05, 0) is 34.7 Å². The second-order valence-electron chi connectivity index (χ2n) is 8.58. The zero-order valence-corrected chi connectivity index (χ0v) is 19.3. The molecule has 0 saturated heterocycles. The number of thiophene rings is 1. The average Bonchev–Trinajstić information content (AvgIpc) is 3.20. The number of nitrogens with zero attached hydrogens (tertiary/aromatic N) is 2. The lowest BCUT2D eigenvalue weighted by molar-refractivity contribution is -0.116. The van der Waals surface area contributed by atoms with Gasteiger partial charge in [-0.15, -0.1) is 11.3 Å². The van der Waals surface area contributed by atoms with Gasteiger partial charge in [-0.2, -0.15) is 0 Å². The van der Waals surface area contributed by atoms with E-state index in [1.807, 2.05) is 53.9 Å². The number of amides is 1. The predicted molar refractivity (Wildman–Crippen MR) is 130 cm³/mol. The van der Waals surface area contributed by atoms with Crippen molar-refractivity contribution in [1.29, 1.82) is 0 Å². The molecule has 0 radical (unpaired) electrons. The molecule has 1 amide bonds. The van der Waals surface area contributed by atoms with Gasteiger partial charge in [0.15, 0.2) is 0 Å². The third kappa shape index (κ3) is 4.29. The molecule has 0 aliphatic heterocycles. The van der Waals surface area contributed by atoms with Crippen molar-refractivity contribution < 1.29 is 9.53 Å². The Morgan fingerprint density at radius 3 is 2.53 bits per heavy atom. The molecule has 0 aliphatic carbocycles. The quantitative estimate of drug-likeness (QED) is 0.464. The van der Waals surface area contributed by atoms with Crippen molar-refractivity contribution in [2.75, 3.05) is 12.4 Å². The van der Waals surface area contributed by atoms with Gasteiger partial charge in [0, 0.05) is 16.6 Å². The number of carbonyl (C=O) groups excluding carboxylic acids is 1. The minimum Gasteiger partial charge on any atom is -0.497 e. The van der Waals surface area contributed by atoms with Crippen molar-refractivity contribution in [1.82, 2.24) is 9.55 Å². The first-order chi connectivity index (χ1) is 15.3. The normalized spacial score (nSPS) is 11.5. The lowest BCUT2D eigenvalue weighted by Gasteiger charge is -2.23. The van der Waals surface area contributed by atoms with E-state index in [-0.39, 0.29) is 23.4 Å². The van der Waals surface area contributed by atoms with Crippen LogP contribution in [0.1, 0.15) is 26.3 Å². The Balaban J connectivity index is 1.64. The third-order valence-electron chi connectivity index (χ3n) is 5.28. The summed E-state index contributed by atoms with van der Waals surface area (Å²) in [6.45, 7) is 6.17. The summed E-state index contributed by atoms with van der Waals surface area (Å²) in [4.78, 5) is 31.1. The van der Waals surface area contributed by atoms with Gasteiger partial charge in [0.25, 0.3) is 5.56 Å². The molecule has 2 heterocycles. The Kier molecular flexibility index (Phi) is 5.84. The number of fused-ring (bicyclic) bond motifs is 1. The van der Waals surface area contributed by atoms with Gasteiger partial charge in [-0.1, -0.05) is 51.1 Å². The fourth-order valence-electron chi connectivity index (χ4n) is 3.65. The van der Waals surface area contributed by atoms with E-state index in [1.54, 1.807) is 7.11 Å². The first-order valence-electron chi connectivity index (χ1n) is 10.3. The molecule has 0 fully saturated rings. The number of para-hydroxylation sites is 1. The highest BCUT2D eigenvalue weighted by atomic mass is 32.1. The fourth-order valence-corrected chi connectivity index (χ4v) is 4.56. The van der Waals surface area contributed by atoms with Gasteiger partial charge in [0.1, 0.15) is 17.1 Å². The van der Waals surface area contributed by atoms with E-state index < -0.39 is 0 Å². The van der Waals surface area contributed by atoms with Crippen LogP contribution in [0.4, 0.5) is 5.69 Å². The molecule has 0 spiro atoms. The number of carbonyl (C=O) groups is 1. The summed E-state index contributed by atoms with van der Waals surface area (Å²) in [5.41, 5.74) is 3.14. The number of hydrogen-bond donors (Lipinski definition) is 1. The monoisotopic (exact) mass is 447 g/mol. The molecule has 2 aromatic carbocycles. The molecule has 6 nitrogen and oxygen atoms in total. The number of benzene rings is 2. The number of rotatable bonds is 5. The summed E-state index contributed by atoms with van der Waals surface area (Å²) in [6.07, 6.45) is 1.44. The molecule has 4 aromatic rings. The molecular weight excluding hydrogens is 422 g/mol. The maximum Gasteiger partial charge on any atom is 0.263 e. The molecule has 0 unspecified atom stereocenters. The predicted octanol–water partition coefficient (Wildman–Crippen LogP) is 5.07. The van der Waals surface area contributed by atoms with Crippen molar-refractivity contribution >= 4 is 33.1 Å². The third-order valence-corrected chi connectivity index (χ3v) is 6.17. The largest absolute Gasteiger partial charge is 0.497 e. The van der Waals surface area contributed by atoms with E-state index in [2.05, 4.69) is 31.1 Å². The standard InChI is InChI=1S/C25H25N3O3S/c1-25(2,3)19-7-5-6-8-20(19)27-21(29)13-28-15-26-23-22(24(28)30)18(14-32-23)16-9-11-17(31-4)12-10-16/h5-12,14-15H,13H2,1-4H3,(H,27,29). The second-order valence-corrected chi connectivity index (χ2v) is 9.44. The topological polar surface area (TPSA) is 73.2 Å². The van der Waals surface area contributed by atoms with E-state index in [0.717, 1.165) is 28.1 Å². The van der Waals surface area contributed by atoms with Crippen molar-refractivity contribution in [3.63, 3.8) is 0 Å². The maximum absolute atomic E-state index is 13.2. The average molecular weight is 448 g/mol. The van der Waals surface area contributed by atoms with E-state index in [9.17, 15) is 9.59 Å². The molecule has 4 rings (SSSR count). The first-order valence-corrected chi connectivity index (χ1v) is 11.2. The Morgan fingerprint density at radius 1 is 1.12 bits per heavy atom. The summed E-state index contributed by atoms with van der Waals surface area (Å²) in [6, 6.07) is 15.3. The highest BCUT2D eigenvalue weighted by molar-refractivity contribution is 7.17. The lowest BCUT2D eigenvalue weighted by atomic mass is 9.86. The summed E-state index contributed by atoms with van der Waals surface area (Å²) >= 11 is 1.41. The molecule has 0 aliphatic rings. The van der Waals surface area contributed by atoms with E-state index in [0.29, 0.717) is 10.2 Å². The molecule has 32 heavy (non-hydrogen) atoms. The highest BCUT2D eigenvalue weighted by Crippen LogP contribution is 2.32. The molecule has 2 aromatic heterocycles. The molecular formula is C25H25N3O3S. The maximum atomic E-state index is 13.2.